The molecule has 1 aromatic carbocycles. The highest BCUT2D eigenvalue weighted by Gasteiger charge is 2.10. The van der Waals surface area contributed by atoms with E-state index >= 15 is 0 Å². The van der Waals surface area contributed by atoms with Gasteiger partial charge in [0.2, 0.25) is 5.91 Å². The highest BCUT2D eigenvalue weighted by atomic mass is 79.9. The van der Waals surface area contributed by atoms with E-state index in [2.05, 4.69) is 27.2 Å². The minimum absolute atomic E-state index is 0.00468. The molecule has 1 amide bonds. The topological polar surface area (TPSA) is 29.1 Å². The van der Waals surface area contributed by atoms with Gasteiger partial charge in [0.25, 0.3) is 0 Å². The lowest BCUT2D eigenvalue weighted by Crippen LogP contribution is -2.11. The van der Waals surface area contributed by atoms with Gasteiger partial charge >= 0.3 is 0 Å². The van der Waals surface area contributed by atoms with Crippen LogP contribution in [0.5, 0.6) is 0 Å². The van der Waals surface area contributed by atoms with Gasteiger partial charge in [0.1, 0.15) is 11.6 Å². The molecule has 0 bridgehead atoms. The predicted octanol–water partition coefficient (Wildman–Crippen LogP) is 2.69. The van der Waals surface area contributed by atoms with Crippen molar-refractivity contribution in [3.05, 3.63) is 28.2 Å². The van der Waals surface area contributed by atoms with E-state index < -0.39 is 17.5 Å². The first kappa shape index (κ1) is 11.7. The second-order valence-electron chi connectivity index (χ2n) is 2.68. The van der Waals surface area contributed by atoms with Crippen LogP contribution in [0.1, 0.15) is 6.42 Å². The normalized spacial score (nSPS) is 9.47. The standard InChI is InChI=1S/C10H6BrF2NO/c1-2-3-10(15)14-9-5-7(12)6(11)4-8(9)13/h1,4-5H,3H2,(H,14,15). The summed E-state index contributed by atoms with van der Waals surface area (Å²) in [6.45, 7) is 0. The molecule has 0 aromatic heterocycles. The van der Waals surface area contributed by atoms with Crippen molar-refractivity contribution in [3.63, 3.8) is 0 Å². The maximum absolute atomic E-state index is 13.2. The van der Waals surface area contributed by atoms with Crippen LogP contribution in [0.15, 0.2) is 16.6 Å². The Hall–Kier alpha value is -1.41. The first-order valence-electron chi connectivity index (χ1n) is 3.92. The van der Waals surface area contributed by atoms with Crippen LogP contribution in [0.3, 0.4) is 0 Å². The number of anilines is 1. The number of carbonyl (C=O) groups is 1. The van der Waals surface area contributed by atoms with Gasteiger partial charge in [-0.3, -0.25) is 4.79 Å². The summed E-state index contributed by atoms with van der Waals surface area (Å²) in [7, 11) is 0. The van der Waals surface area contributed by atoms with Crippen molar-refractivity contribution in [2.45, 2.75) is 6.42 Å². The Bertz CT molecular complexity index is 440. The summed E-state index contributed by atoms with van der Waals surface area (Å²) < 4.78 is 26.2. The fourth-order valence-corrected chi connectivity index (χ4v) is 1.22. The molecule has 2 nitrogen and oxygen atoms in total. The average molecular weight is 274 g/mol. The van der Waals surface area contributed by atoms with Crippen LogP contribution >= 0.6 is 15.9 Å². The van der Waals surface area contributed by atoms with Crippen LogP contribution in [0, 0.1) is 24.0 Å². The van der Waals surface area contributed by atoms with E-state index in [0.29, 0.717) is 0 Å². The van der Waals surface area contributed by atoms with Crippen LogP contribution < -0.4 is 5.32 Å². The minimum atomic E-state index is -0.728. The fraction of sp³-hybridized carbons (Fsp3) is 0.100. The molecule has 0 saturated heterocycles. The molecule has 0 heterocycles. The zero-order valence-corrected chi connectivity index (χ0v) is 9.07. The summed E-state index contributed by atoms with van der Waals surface area (Å²) in [5, 5.41) is 2.16. The predicted molar refractivity (Wildman–Crippen MR) is 56.1 cm³/mol. The Kier molecular flexibility index (Phi) is 3.81. The minimum Gasteiger partial charge on any atom is -0.323 e. The molecule has 1 rings (SSSR count). The number of hydrogen-bond donors (Lipinski definition) is 1. The van der Waals surface area contributed by atoms with Crippen LogP contribution in [-0.4, -0.2) is 5.91 Å². The molecular weight excluding hydrogens is 268 g/mol. The molecule has 0 fully saturated rings. The Balaban J connectivity index is 2.92. The molecule has 0 aliphatic rings. The van der Waals surface area contributed by atoms with E-state index in [4.69, 9.17) is 6.42 Å². The van der Waals surface area contributed by atoms with Gasteiger partial charge in [-0.25, -0.2) is 8.78 Å². The van der Waals surface area contributed by atoms with Crippen molar-refractivity contribution in [2.24, 2.45) is 0 Å². The maximum Gasteiger partial charge on any atom is 0.236 e. The third-order valence-corrected chi connectivity index (χ3v) is 2.15. The van der Waals surface area contributed by atoms with Gasteiger partial charge in [-0.2, -0.15) is 0 Å². The number of hydrogen-bond acceptors (Lipinski definition) is 1. The van der Waals surface area contributed by atoms with E-state index in [1.54, 1.807) is 0 Å². The molecule has 0 aliphatic heterocycles. The van der Waals surface area contributed by atoms with E-state index in [-0.39, 0.29) is 16.6 Å². The molecule has 1 N–H and O–H groups in total. The van der Waals surface area contributed by atoms with Crippen LogP contribution in [0.4, 0.5) is 14.5 Å². The number of benzene rings is 1. The number of terminal acetylenes is 1. The van der Waals surface area contributed by atoms with Crippen molar-refractivity contribution in [1.29, 1.82) is 0 Å². The van der Waals surface area contributed by atoms with E-state index in [9.17, 15) is 13.6 Å². The van der Waals surface area contributed by atoms with Gasteiger partial charge in [0, 0.05) is 6.07 Å². The summed E-state index contributed by atoms with van der Waals surface area (Å²) in [4.78, 5) is 11.0. The quantitative estimate of drug-likeness (QED) is 0.652. The molecule has 1 aromatic rings. The Labute approximate surface area is 93.8 Å². The first-order valence-corrected chi connectivity index (χ1v) is 4.71. The molecule has 5 heteroatoms. The van der Waals surface area contributed by atoms with Crippen molar-refractivity contribution < 1.29 is 13.6 Å². The van der Waals surface area contributed by atoms with Crippen molar-refractivity contribution in [2.75, 3.05) is 5.32 Å². The number of carbonyl (C=O) groups excluding carboxylic acids is 1. The summed E-state index contributed by atoms with van der Waals surface area (Å²) in [6.07, 6.45) is 4.71. The fourth-order valence-electron chi connectivity index (χ4n) is 0.905. The van der Waals surface area contributed by atoms with E-state index in [0.717, 1.165) is 12.1 Å². The highest BCUT2D eigenvalue weighted by Crippen LogP contribution is 2.23. The zero-order chi connectivity index (χ0) is 11.4. The van der Waals surface area contributed by atoms with Crippen molar-refractivity contribution >= 4 is 27.5 Å². The molecular formula is C10H6BrF2NO. The largest absolute Gasteiger partial charge is 0.323 e. The van der Waals surface area contributed by atoms with E-state index in [1.165, 1.54) is 0 Å². The van der Waals surface area contributed by atoms with E-state index in [1.807, 2.05) is 0 Å². The highest BCUT2D eigenvalue weighted by molar-refractivity contribution is 9.10. The van der Waals surface area contributed by atoms with Gasteiger partial charge in [-0.05, 0) is 22.0 Å². The Morgan fingerprint density at radius 1 is 1.47 bits per heavy atom. The lowest BCUT2D eigenvalue weighted by molar-refractivity contribution is -0.115. The van der Waals surface area contributed by atoms with Crippen molar-refractivity contribution in [1.82, 2.24) is 0 Å². The molecule has 0 unspecified atom stereocenters. The molecule has 0 atom stereocenters. The third-order valence-electron chi connectivity index (χ3n) is 1.55. The summed E-state index contributed by atoms with van der Waals surface area (Å²) >= 11 is 2.82. The number of halogens is 3. The number of amides is 1. The monoisotopic (exact) mass is 273 g/mol. The lowest BCUT2D eigenvalue weighted by Gasteiger charge is -2.05. The molecule has 78 valence electrons. The molecule has 15 heavy (non-hydrogen) atoms. The van der Waals surface area contributed by atoms with Crippen LogP contribution in [0.2, 0.25) is 0 Å². The summed E-state index contributed by atoms with van der Waals surface area (Å²) in [5.74, 6) is 0.150. The molecule has 0 saturated carbocycles. The number of rotatable bonds is 2. The van der Waals surface area contributed by atoms with Gasteiger partial charge in [-0.1, -0.05) is 5.92 Å². The molecule has 0 aliphatic carbocycles. The van der Waals surface area contributed by atoms with Gasteiger partial charge < -0.3 is 5.32 Å². The summed E-state index contributed by atoms with van der Waals surface area (Å²) in [6, 6.07) is 1.81. The Morgan fingerprint density at radius 2 is 2.13 bits per heavy atom. The van der Waals surface area contributed by atoms with Crippen LogP contribution in [0.25, 0.3) is 0 Å². The second-order valence-corrected chi connectivity index (χ2v) is 3.53. The smallest absolute Gasteiger partial charge is 0.236 e. The average Bonchev–Trinajstić information content (AvgIpc) is 2.14. The zero-order valence-electron chi connectivity index (χ0n) is 7.48. The van der Waals surface area contributed by atoms with Crippen LogP contribution in [-0.2, 0) is 4.79 Å². The molecule has 0 spiro atoms. The third kappa shape index (κ3) is 3.03. The maximum atomic E-state index is 13.2. The summed E-state index contributed by atoms with van der Waals surface area (Å²) in [5.41, 5.74) is -0.226. The molecule has 0 radical (unpaired) electrons. The SMILES string of the molecule is C#CCC(=O)Nc1cc(F)c(Br)cc1F. The lowest BCUT2D eigenvalue weighted by atomic mass is 10.3. The van der Waals surface area contributed by atoms with Gasteiger partial charge in [0.15, 0.2) is 0 Å². The Morgan fingerprint density at radius 3 is 2.73 bits per heavy atom. The second kappa shape index (κ2) is 4.89. The first-order chi connectivity index (χ1) is 7.04. The van der Waals surface area contributed by atoms with Gasteiger partial charge in [0.05, 0.1) is 16.6 Å². The number of nitrogens with one attached hydrogen (secondary N) is 1. The van der Waals surface area contributed by atoms with Gasteiger partial charge in [-0.15, -0.1) is 6.42 Å². The van der Waals surface area contributed by atoms with Crippen molar-refractivity contribution in [3.8, 4) is 12.3 Å².